The van der Waals surface area contributed by atoms with E-state index in [2.05, 4.69) is 4.74 Å². The van der Waals surface area contributed by atoms with Gasteiger partial charge >= 0.3 is 11.9 Å². The van der Waals surface area contributed by atoms with Crippen molar-refractivity contribution in [2.75, 3.05) is 14.2 Å². The van der Waals surface area contributed by atoms with Crippen LogP contribution in [0.1, 0.15) is 20.7 Å². The second-order valence-corrected chi connectivity index (χ2v) is 2.34. The van der Waals surface area contributed by atoms with Gasteiger partial charge in [0.2, 0.25) is 0 Å². The number of carboxylic acids is 1. The molecule has 0 radical (unpaired) electrons. The number of carbonyl (C=O) groups excluding carboxylic acids is 1. The minimum atomic E-state index is -1.14. The SMILES string of the molecule is CO.COC(=O)c1ccccc1C(=O)O. The molecular weight excluding hydrogens is 200 g/mol. The molecule has 0 fully saturated rings. The summed E-state index contributed by atoms with van der Waals surface area (Å²) >= 11 is 0. The third kappa shape index (κ3) is 3.40. The summed E-state index contributed by atoms with van der Waals surface area (Å²) in [5.41, 5.74) is 0.0202. The smallest absolute Gasteiger partial charge is 0.338 e. The van der Waals surface area contributed by atoms with Crippen LogP contribution in [0.4, 0.5) is 0 Å². The van der Waals surface area contributed by atoms with Crippen LogP contribution in [0, 0.1) is 0 Å². The van der Waals surface area contributed by atoms with Gasteiger partial charge in [-0.25, -0.2) is 9.59 Å². The van der Waals surface area contributed by atoms with Gasteiger partial charge in [-0.1, -0.05) is 12.1 Å². The first kappa shape index (κ1) is 13.1. The molecule has 15 heavy (non-hydrogen) atoms. The highest BCUT2D eigenvalue weighted by Crippen LogP contribution is 2.09. The van der Waals surface area contributed by atoms with E-state index >= 15 is 0 Å². The second kappa shape index (κ2) is 6.56. The summed E-state index contributed by atoms with van der Waals surface area (Å²) in [6.07, 6.45) is 0. The van der Waals surface area contributed by atoms with Gasteiger partial charge in [-0.15, -0.1) is 0 Å². The van der Waals surface area contributed by atoms with Crippen molar-refractivity contribution in [2.45, 2.75) is 0 Å². The molecule has 0 saturated carbocycles. The minimum absolute atomic E-state index is 0.0469. The minimum Gasteiger partial charge on any atom is -0.478 e. The van der Waals surface area contributed by atoms with Gasteiger partial charge < -0.3 is 14.9 Å². The van der Waals surface area contributed by atoms with Crippen LogP contribution in [0.15, 0.2) is 24.3 Å². The van der Waals surface area contributed by atoms with Crippen molar-refractivity contribution in [3.63, 3.8) is 0 Å². The highest BCUT2D eigenvalue weighted by atomic mass is 16.5. The Morgan fingerprint density at radius 3 is 2.00 bits per heavy atom. The van der Waals surface area contributed by atoms with Crippen LogP contribution < -0.4 is 0 Å². The van der Waals surface area contributed by atoms with Crippen LogP contribution in [0.25, 0.3) is 0 Å². The molecule has 0 heterocycles. The Bertz CT molecular complexity index is 345. The van der Waals surface area contributed by atoms with Crippen LogP contribution in [-0.2, 0) is 4.74 Å². The van der Waals surface area contributed by atoms with E-state index in [4.69, 9.17) is 10.2 Å². The second-order valence-electron chi connectivity index (χ2n) is 2.34. The number of aromatic carboxylic acids is 1. The molecule has 0 aliphatic carbocycles. The Labute approximate surface area is 86.9 Å². The lowest BCUT2D eigenvalue weighted by Gasteiger charge is -2.02. The van der Waals surface area contributed by atoms with Crippen LogP contribution in [0.3, 0.4) is 0 Å². The number of ether oxygens (including phenoxy) is 1. The molecule has 1 aromatic carbocycles. The zero-order valence-electron chi connectivity index (χ0n) is 8.43. The highest BCUT2D eigenvalue weighted by Gasteiger charge is 2.15. The predicted octanol–water partition coefficient (Wildman–Crippen LogP) is 0.780. The van der Waals surface area contributed by atoms with E-state index in [9.17, 15) is 9.59 Å². The Morgan fingerprint density at radius 2 is 1.60 bits per heavy atom. The number of rotatable bonds is 2. The molecule has 0 aromatic heterocycles. The maximum Gasteiger partial charge on any atom is 0.338 e. The Balaban J connectivity index is 0.000000921. The number of aliphatic hydroxyl groups excluding tert-OH is 1. The summed E-state index contributed by atoms with van der Waals surface area (Å²) < 4.78 is 4.42. The molecule has 0 saturated heterocycles. The summed E-state index contributed by atoms with van der Waals surface area (Å²) in [7, 11) is 2.21. The van der Waals surface area contributed by atoms with Crippen molar-refractivity contribution in [1.82, 2.24) is 0 Å². The first-order valence-electron chi connectivity index (χ1n) is 4.02. The monoisotopic (exact) mass is 212 g/mol. The molecule has 0 bridgehead atoms. The summed E-state index contributed by atoms with van der Waals surface area (Å²) in [4.78, 5) is 21.7. The lowest BCUT2D eigenvalue weighted by Crippen LogP contribution is -2.09. The predicted molar refractivity (Wildman–Crippen MR) is 52.9 cm³/mol. The third-order valence-corrected chi connectivity index (χ3v) is 1.56. The fourth-order valence-electron chi connectivity index (χ4n) is 0.958. The van der Waals surface area contributed by atoms with Gasteiger partial charge in [0, 0.05) is 7.11 Å². The number of methoxy groups -OCH3 is 1. The maximum atomic E-state index is 11.1. The van der Waals surface area contributed by atoms with Crippen molar-refractivity contribution < 1.29 is 24.5 Å². The molecule has 0 aliphatic heterocycles. The van der Waals surface area contributed by atoms with Crippen LogP contribution in [0.2, 0.25) is 0 Å². The van der Waals surface area contributed by atoms with Gasteiger partial charge in [-0.2, -0.15) is 0 Å². The zero-order valence-corrected chi connectivity index (χ0v) is 8.43. The highest BCUT2D eigenvalue weighted by molar-refractivity contribution is 6.02. The summed E-state index contributed by atoms with van der Waals surface area (Å²) in [6, 6.07) is 5.90. The van der Waals surface area contributed by atoms with Gasteiger partial charge in [0.1, 0.15) is 0 Å². The molecule has 0 aliphatic rings. The van der Waals surface area contributed by atoms with E-state index in [1.165, 1.54) is 19.2 Å². The first-order valence-corrected chi connectivity index (χ1v) is 4.02. The largest absolute Gasteiger partial charge is 0.478 e. The average molecular weight is 212 g/mol. The molecule has 82 valence electrons. The van der Waals surface area contributed by atoms with Crippen LogP contribution in [0.5, 0.6) is 0 Å². The summed E-state index contributed by atoms with van der Waals surface area (Å²) in [6.45, 7) is 0. The average Bonchev–Trinajstić information content (AvgIpc) is 2.30. The topological polar surface area (TPSA) is 83.8 Å². The van der Waals surface area contributed by atoms with E-state index < -0.39 is 11.9 Å². The van der Waals surface area contributed by atoms with Gasteiger partial charge in [-0.05, 0) is 12.1 Å². The first-order chi connectivity index (χ1) is 7.16. The van der Waals surface area contributed by atoms with Gasteiger partial charge in [0.15, 0.2) is 0 Å². The molecule has 2 N–H and O–H groups in total. The number of carboxylic acid groups (broad SMARTS) is 1. The molecule has 1 aromatic rings. The zero-order chi connectivity index (χ0) is 11.8. The Morgan fingerprint density at radius 1 is 1.13 bits per heavy atom. The molecule has 0 atom stereocenters. The molecule has 0 unspecified atom stereocenters. The maximum absolute atomic E-state index is 11.1. The molecule has 5 nitrogen and oxygen atoms in total. The number of hydrogen-bond donors (Lipinski definition) is 2. The standard InChI is InChI=1S/C9H8O4.CH4O/c1-13-9(12)7-5-3-2-4-6(7)8(10)11;1-2/h2-5H,1H3,(H,10,11);2H,1H3. The Kier molecular flexibility index (Phi) is 5.73. The molecule has 0 amide bonds. The molecule has 5 heteroatoms. The van der Waals surface area contributed by atoms with Crippen LogP contribution >= 0.6 is 0 Å². The third-order valence-electron chi connectivity index (χ3n) is 1.56. The molecular formula is C10H12O5. The fourth-order valence-corrected chi connectivity index (χ4v) is 0.958. The van der Waals surface area contributed by atoms with E-state index in [0.717, 1.165) is 7.11 Å². The van der Waals surface area contributed by atoms with Gasteiger partial charge in [0.25, 0.3) is 0 Å². The normalized spacial score (nSPS) is 8.47. The van der Waals surface area contributed by atoms with Crippen molar-refractivity contribution in [3.05, 3.63) is 35.4 Å². The lowest BCUT2D eigenvalue weighted by molar-refractivity contribution is 0.0582. The van der Waals surface area contributed by atoms with Crippen molar-refractivity contribution in [1.29, 1.82) is 0 Å². The van der Waals surface area contributed by atoms with Crippen molar-refractivity contribution >= 4 is 11.9 Å². The fraction of sp³-hybridized carbons (Fsp3) is 0.200. The molecule has 1 rings (SSSR count). The van der Waals surface area contributed by atoms with Crippen LogP contribution in [-0.4, -0.2) is 36.4 Å². The van der Waals surface area contributed by atoms with E-state index in [1.807, 2.05) is 0 Å². The number of carbonyl (C=O) groups is 2. The van der Waals surface area contributed by atoms with E-state index in [1.54, 1.807) is 12.1 Å². The van der Waals surface area contributed by atoms with Crippen molar-refractivity contribution in [2.24, 2.45) is 0 Å². The number of esters is 1. The number of aliphatic hydroxyl groups is 1. The Hall–Kier alpha value is -1.88. The molecule has 0 spiro atoms. The lowest BCUT2D eigenvalue weighted by atomic mass is 10.1. The number of hydrogen-bond acceptors (Lipinski definition) is 4. The summed E-state index contributed by atoms with van der Waals surface area (Å²) in [5, 5.41) is 15.7. The van der Waals surface area contributed by atoms with Gasteiger partial charge in [-0.3, -0.25) is 0 Å². The van der Waals surface area contributed by atoms with E-state index in [0.29, 0.717) is 0 Å². The summed E-state index contributed by atoms with van der Waals surface area (Å²) in [5.74, 6) is -1.78. The van der Waals surface area contributed by atoms with Gasteiger partial charge in [0.05, 0.1) is 18.2 Å². The van der Waals surface area contributed by atoms with Crippen molar-refractivity contribution in [3.8, 4) is 0 Å². The van der Waals surface area contributed by atoms with E-state index in [-0.39, 0.29) is 11.1 Å². The quantitative estimate of drug-likeness (QED) is 0.708. The number of benzene rings is 1.